The molecule has 9 nitrogen and oxygen atoms in total. The van der Waals surface area contributed by atoms with Crippen LogP contribution in [0.5, 0.6) is 5.75 Å². The van der Waals surface area contributed by atoms with E-state index in [9.17, 15) is 18.0 Å². The number of benzene rings is 1. The summed E-state index contributed by atoms with van der Waals surface area (Å²) in [6, 6.07) is 4.78. The van der Waals surface area contributed by atoms with Gasteiger partial charge in [-0.2, -0.15) is 0 Å². The third-order valence-corrected chi connectivity index (χ3v) is 6.27. The molecule has 30 heavy (non-hydrogen) atoms. The molecule has 0 aliphatic carbocycles. The SMILES string of the molecule is CC(C)NC(=O)Nc1ccc2c(c1)CC(=O)N(C)C[C@H](C)[C@H](CN(C)S(C)(=O)=O)O2. The molecular weight excluding hydrogens is 408 g/mol. The second kappa shape index (κ2) is 9.65. The van der Waals surface area contributed by atoms with Gasteiger partial charge in [-0.05, 0) is 32.0 Å². The quantitative estimate of drug-likeness (QED) is 0.722. The number of ether oxygens (including phenoxy) is 1. The molecule has 0 unspecified atom stereocenters. The van der Waals surface area contributed by atoms with E-state index < -0.39 is 16.1 Å². The zero-order chi connectivity index (χ0) is 22.6. The van der Waals surface area contributed by atoms with Crippen LogP contribution in [0.4, 0.5) is 10.5 Å². The number of anilines is 1. The maximum Gasteiger partial charge on any atom is 0.319 e. The van der Waals surface area contributed by atoms with Gasteiger partial charge in [0.2, 0.25) is 15.9 Å². The number of urea groups is 1. The van der Waals surface area contributed by atoms with Crippen molar-refractivity contribution in [3.63, 3.8) is 0 Å². The molecule has 1 aromatic rings. The van der Waals surface area contributed by atoms with E-state index in [1.165, 1.54) is 11.4 Å². The van der Waals surface area contributed by atoms with Gasteiger partial charge < -0.3 is 20.3 Å². The van der Waals surface area contributed by atoms with Crippen LogP contribution in [0.25, 0.3) is 0 Å². The van der Waals surface area contributed by atoms with Crippen LogP contribution in [0.15, 0.2) is 18.2 Å². The van der Waals surface area contributed by atoms with Crippen molar-refractivity contribution in [1.29, 1.82) is 0 Å². The van der Waals surface area contributed by atoms with Crippen molar-refractivity contribution in [1.82, 2.24) is 14.5 Å². The van der Waals surface area contributed by atoms with E-state index in [0.717, 1.165) is 6.26 Å². The summed E-state index contributed by atoms with van der Waals surface area (Å²) in [5.74, 6) is 0.337. The van der Waals surface area contributed by atoms with Gasteiger partial charge in [-0.25, -0.2) is 17.5 Å². The fraction of sp³-hybridized carbons (Fsp3) is 0.600. The van der Waals surface area contributed by atoms with Gasteiger partial charge in [-0.1, -0.05) is 6.92 Å². The van der Waals surface area contributed by atoms with Gasteiger partial charge in [0.05, 0.1) is 19.2 Å². The predicted octanol–water partition coefficient (Wildman–Crippen LogP) is 1.51. The van der Waals surface area contributed by atoms with Crippen molar-refractivity contribution in [2.75, 3.05) is 38.8 Å². The Morgan fingerprint density at radius 3 is 2.63 bits per heavy atom. The van der Waals surface area contributed by atoms with Crippen molar-refractivity contribution < 1.29 is 22.7 Å². The van der Waals surface area contributed by atoms with Gasteiger partial charge in [0.1, 0.15) is 11.9 Å². The standard InChI is InChI=1S/C20H32N4O5S/c1-13(2)21-20(26)22-16-7-8-17-15(9-16)10-19(25)23(4)11-14(3)18(29-17)12-24(5)30(6,27)28/h7-9,13-14,18H,10-12H2,1-6H3,(H2,21,22,26)/t14-,18-/m0/s1. The Hall–Kier alpha value is -2.33. The lowest BCUT2D eigenvalue weighted by Gasteiger charge is -2.30. The number of amides is 3. The summed E-state index contributed by atoms with van der Waals surface area (Å²) in [5.41, 5.74) is 1.18. The van der Waals surface area contributed by atoms with Crippen LogP contribution in [0, 0.1) is 5.92 Å². The molecule has 1 heterocycles. The molecule has 1 aromatic carbocycles. The number of nitrogens with one attached hydrogen (secondary N) is 2. The summed E-state index contributed by atoms with van der Waals surface area (Å²) in [6.45, 7) is 6.26. The van der Waals surface area contributed by atoms with Crippen LogP contribution in [0.3, 0.4) is 0 Å². The molecule has 2 rings (SSSR count). The molecule has 0 radical (unpaired) electrons. The van der Waals surface area contributed by atoms with Gasteiger partial charge in [0, 0.05) is 43.9 Å². The first-order chi connectivity index (χ1) is 13.9. The Morgan fingerprint density at radius 2 is 2.03 bits per heavy atom. The molecule has 0 fully saturated rings. The Kier molecular flexibility index (Phi) is 7.70. The van der Waals surface area contributed by atoms with Crippen LogP contribution >= 0.6 is 0 Å². The van der Waals surface area contributed by atoms with Crippen molar-refractivity contribution in [2.24, 2.45) is 5.92 Å². The number of sulfonamides is 1. The summed E-state index contributed by atoms with van der Waals surface area (Å²) in [7, 11) is -0.140. The summed E-state index contributed by atoms with van der Waals surface area (Å²) >= 11 is 0. The van der Waals surface area contributed by atoms with Crippen LogP contribution in [0.1, 0.15) is 26.3 Å². The number of carbonyl (C=O) groups is 2. The molecule has 2 N–H and O–H groups in total. The van der Waals surface area contributed by atoms with Crippen LogP contribution in [-0.4, -0.2) is 75.1 Å². The maximum absolute atomic E-state index is 12.7. The van der Waals surface area contributed by atoms with E-state index in [4.69, 9.17) is 4.74 Å². The molecule has 3 amide bonds. The fourth-order valence-corrected chi connectivity index (χ4v) is 3.59. The maximum atomic E-state index is 12.7. The van der Waals surface area contributed by atoms with Crippen LogP contribution in [0.2, 0.25) is 0 Å². The highest BCUT2D eigenvalue weighted by molar-refractivity contribution is 7.88. The second-order valence-corrected chi connectivity index (χ2v) is 10.3. The number of hydrogen-bond donors (Lipinski definition) is 2. The molecule has 0 spiro atoms. The molecule has 1 aliphatic rings. The Labute approximate surface area is 178 Å². The van der Waals surface area contributed by atoms with Crippen LogP contribution in [-0.2, 0) is 21.2 Å². The summed E-state index contributed by atoms with van der Waals surface area (Å²) in [6.07, 6.45) is 0.824. The highest BCUT2D eigenvalue weighted by atomic mass is 32.2. The smallest absolute Gasteiger partial charge is 0.319 e. The normalized spacial score (nSPS) is 20.1. The zero-order valence-electron chi connectivity index (χ0n) is 18.4. The third kappa shape index (κ3) is 6.60. The number of rotatable bonds is 5. The average Bonchev–Trinajstić information content (AvgIpc) is 2.64. The summed E-state index contributed by atoms with van der Waals surface area (Å²) in [4.78, 5) is 26.3. The lowest BCUT2D eigenvalue weighted by atomic mass is 10.0. The topological polar surface area (TPSA) is 108 Å². The lowest BCUT2D eigenvalue weighted by Crippen LogP contribution is -2.43. The second-order valence-electron chi connectivity index (χ2n) is 8.20. The third-order valence-electron chi connectivity index (χ3n) is 4.98. The predicted molar refractivity (Wildman–Crippen MR) is 116 cm³/mol. The molecule has 1 aliphatic heterocycles. The van der Waals surface area contributed by atoms with Gasteiger partial charge in [0.25, 0.3) is 0 Å². The Morgan fingerprint density at radius 1 is 1.37 bits per heavy atom. The average molecular weight is 441 g/mol. The van der Waals surface area contributed by atoms with E-state index in [1.807, 2.05) is 20.8 Å². The molecule has 2 atom stereocenters. The number of likely N-dealkylation sites (N-methyl/N-ethyl adjacent to an activating group) is 2. The zero-order valence-corrected chi connectivity index (χ0v) is 19.2. The van der Waals surface area contributed by atoms with E-state index in [-0.39, 0.29) is 36.9 Å². The minimum Gasteiger partial charge on any atom is -0.488 e. The van der Waals surface area contributed by atoms with E-state index in [2.05, 4.69) is 10.6 Å². The first kappa shape index (κ1) is 23.9. The first-order valence-corrected chi connectivity index (χ1v) is 11.7. The molecule has 0 saturated heterocycles. The lowest BCUT2D eigenvalue weighted by molar-refractivity contribution is -0.129. The summed E-state index contributed by atoms with van der Waals surface area (Å²) in [5, 5.41) is 5.50. The highest BCUT2D eigenvalue weighted by Gasteiger charge is 2.29. The molecule has 0 saturated carbocycles. The Balaban J connectivity index is 2.34. The van der Waals surface area contributed by atoms with Gasteiger partial charge in [0.15, 0.2) is 0 Å². The van der Waals surface area contributed by atoms with Crippen LogP contribution < -0.4 is 15.4 Å². The van der Waals surface area contributed by atoms with E-state index >= 15 is 0 Å². The highest BCUT2D eigenvalue weighted by Crippen LogP contribution is 2.28. The molecule has 0 aromatic heterocycles. The van der Waals surface area contributed by atoms with Gasteiger partial charge >= 0.3 is 6.03 Å². The van der Waals surface area contributed by atoms with Crippen molar-refractivity contribution in [3.8, 4) is 5.75 Å². The Bertz CT molecular complexity index is 887. The number of hydrogen-bond acceptors (Lipinski definition) is 5. The van der Waals surface area contributed by atoms with Crippen molar-refractivity contribution in [2.45, 2.75) is 39.3 Å². The molecular formula is C20H32N4O5S. The fourth-order valence-electron chi connectivity index (χ4n) is 3.17. The van der Waals surface area contributed by atoms with Crippen molar-refractivity contribution in [3.05, 3.63) is 23.8 Å². The van der Waals surface area contributed by atoms with E-state index in [0.29, 0.717) is 23.5 Å². The number of carbonyl (C=O) groups excluding carboxylic acids is 2. The minimum atomic E-state index is -3.37. The minimum absolute atomic E-state index is 0.00880. The largest absolute Gasteiger partial charge is 0.488 e. The number of fused-ring (bicyclic) bond motifs is 1. The van der Waals surface area contributed by atoms with Gasteiger partial charge in [-0.15, -0.1) is 0 Å². The van der Waals surface area contributed by atoms with E-state index in [1.54, 1.807) is 30.1 Å². The molecule has 168 valence electrons. The first-order valence-electron chi connectivity index (χ1n) is 9.89. The summed E-state index contributed by atoms with van der Waals surface area (Å²) < 4.78 is 31.2. The number of nitrogens with zero attached hydrogens (tertiary/aromatic N) is 2. The molecule has 0 bridgehead atoms. The van der Waals surface area contributed by atoms with Gasteiger partial charge in [-0.3, -0.25) is 4.79 Å². The monoisotopic (exact) mass is 440 g/mol. The van der Waals surface area contributed by atoms with Crippen molar-refractivity contribution >= 4 is 27.6 Å². The molecule has 10 heteroatoms.